The van der Waals surface area contributed by atoms with Gasteiger partial charge in [0.25, 0.3) is 11.6 Å². The van der Waals surface area contributed by atoms with E-state index < -0.39 is 10.8 Å². The molecule has 0 aliphatic carbocycles. The van der Waals surface area contributed by atoms with Gasteiger partial charge in [-0.25, -0.2) is 5.43 Å². The van der Waals surface area contributed by atoms with Crippen molar-refractivity contribution >= 4 is 46.3 Å². The van der Waals surface area contributed by atoms with E-state index in [1.54, 1.807) is 12.1 Å². The van der Waals surface area contributed by atoms with Gasteiger partial charge in [0.15, 0.2) is 3.77 Å². The van der Waals surface area contributed by atoms with Crippen molar-refractivity contribution in [3.63, 3.8) is 0 Å². The van der Waals surface area contributed by atoms with Crippen LogP contribution in [0.5, 0.6) is 0 Å². The molecule has 9 nitrogen and oxygen atoms in total. The van der Waals surface area contributed by atoms with Crippen LogP contribution in [0, 0.1) is 13.9 Å². The Bertz CT molecular complexity index is 834. The van der Waals surface area contributed by atoms with Crippen LogP contribution in [0.3, 0.4) is 0 Å². The van der Waals surface area contributed by atoms with Crippen LogP contribution in [0.1, 0.15) is 29.0 Å². The number of rotatable bonds is 8. The van der Waals surface area contributed by atoms with Gasteiger partial charge in [0, 0.05) is 30.7 Å². The van der Waals surface area contributed by atoms with Gasteiger partial charge < -0.3 is 9.73 Å². The van der Waals surface area contributed by atoms with Crippen LogP contribution in [-0.4, -0.2) is 29.5 Å². The van der Waals surface area contributed by atoms with Gasteiger partial charge in [-0.3, -0.25) is 19.7 Å². The number of carbonyl (C=O) groups excluding carboxylic acids is 2. The molecule has 2 rings (SSSR count). The largest absolute Gasteiger partial charge is 0.449 e. The molecule has 1 heterocycles. The number of amides is 2. The molecular weight excluding hydrogens is 455 g/mol. The molecule has 0 bridgehead atoms. The molecule has 0 saturated carbocycles. The number of hydrogen-bond acceptors (Lipinski definition) is 6. The first-order chi connectivity index (χ1) is 12.5. The lowest BCUT2D eigenvalue weighted by Crippen LogP contribution is -2.26. The third kappa shape index (κ3) is 6.27. The first-order valence-electron chi connectivity index (χ1n) is 7.55. The van der Waals surface area contributed by atoms with Crippen molar-refractivity contribution in [1.82, 2.24) is 10.7 Å². The molecule has 2 N–H and O–H groups in total. The number of nitro groups is 1. The lowest BCUT2D eigenvalue weighted by molar-refractivity contribution is -0.384. The van der Waals surface area contributed by atoms with E-state index >= 15 is 0 Å². The Kier molecular flexibility index (Phi) is 7.26. The van der Waals surface area contributed by atoms with E-state index in [1.807, 2.05) is 22.6 Å². The molecule has 1 aromatic heterocycles. The van der Waals surface area contributed by atoms with Gasteiger partial charge >= 0.3 is 0 Å². The van der Waals surface area contributed by atoms with E-state index in [1.165, 1.54) is 30.5 Å². The molecular formula is C16H15IN4O5. The van der Waals surface area contributed by atoms with Gasteiger partial charge in [-0.15, -0.1) is 0 Å². The molecule has 2 aromatic rings. The zero-order valence-electron chi connectivity index (χ0n) is 13.5. The highest BCUT2D eigenvalue weighted by Gasteiger charge is 2.11. The summed E-state index contributed by atoms with van der Waals surface area (Å²) in [4.78, 5) is 33.7. The Morgan fingerprint density at radius 2 is 2.12 bits per heavy atom. The molecule has 2 amide bonds. The number of hydrazone groups is 1. The van der Waals surface area contributed by atoms with Gasteiger partial charge in [-0.05, 0) is 47.2 Å². The highest BCUT2D eigenvalue weighted by atomic mass is 127. The number of furan rings is 1. The molecule has 136 valence electrons. The number of carbonyl (C=O) groups is 2. The molecule has 0 saturated heterocycles. The highest BCUT2D eigenvalue weighted by Crippen LogP contribution is 2.12. The van der Waals surface area contributed by atoms with Crippen molar-refractivity contribution in [2.45, 2.75) is 12.8 Å². The molecule has 1 aromatic carbocycles. The lowest BCUT2D eigenvalue weighted by atomic mass is 10.2. The zero-order chi connectivity index (χ0) is 18.9. The lowest BCUT2D eigenvalue weighted by Gasteiger charge is -2.05. The summed E-state index contributed by atoms with van der Waals surface area (Å²) in [5.74, 6) is -0.203. The van der Waals surface area contributed by atoms with Crippen molar-refractivity contribution in [3.8, 4) is 0 Å². The van der Waals surface area contributed by atoms with Crippen molar-refractivity contribution in [1.29, 1.82) is 0 Å². The maximum atomic E-state index is 11.9. The smallest absolute Gasteiger partial charge is 0.270 e. The number of nitrogens with zero attached hydrogens (tertiary/aromatic N) is 2. The fourth-order valence-corrected chi connectivity index (χ4v) is 2.37. The molecule has 0 unspecified atom stereocenters. The third-order valence-corrected chi connectivity index (χ3v) is 3.74. The molecule has 0 spiro atoms. The standard InChI is InChI=1S/C16H15IN4O5/c17-14-7-6-13(26-14)10-19-20-15(22)5-2-8-18-16(23)11-3-1-4-12(9-11)21(24)25/h1,3-4,6-7,9-10H,2,5,8H2,(H,18,23)(H,20,22). The minimum Gasteiger partial charge on any atom is -0.449 e. The van der Waals surface area contributed by atoms with Gasteiger partial charge in [-0.1, -0.05) is 6.07 Å². The van der Waals surface area contributed by atoms with E-state index in [4.69, 9.17) is 4.42 Å². The van der Waals surface area contributed by atoms with Crippen LogP contribution in [0.25, 0.3) is 0 Å². The van der Waals surface area contributed by atoms with Gasteiger partial charge in [0.1, 0.15) is 5.76 Å². The van der Waals surface area contributed by atoms with E-state index in [0.717, 1.165) is 3.77 Å². The SMILES string of the molecule is O=C(CCCNC(=O)c1cccc([N+](=O)[O-])c1)NN=Cc1ccc(I)o1. The summed E-state index contributed by atoms with van der Waals surface area (Å²) >= 11 is 2.02. The van der Waals surface area contributed by atoms with Crippen LogP contribution in [0.2, 0.25) is 0 Å². The minimum absolute atomic E-state index is 0.152. The zero-order valence-corrected chi connectivity index (χ0v) is 15.6. The molecule has 0 aliphatic heterocycles. The summed E-state index contributed by atoms with van der Waals surface area (Å²) in [5.41, 5.74) is 2.40. The number of non-ortho nitro benzene ring substituents is 1. The number of benzene rings is 1. The summed E-state index contributed by atoms with van der Waals surface area (Å²) < 4.78 is 5.97. The first kappa shape index (κ1) is 19.6. The normalized spacial score (nSPS) is 10.7. The monoisotopic (exact) mass is 470 g/mol. The Morgan fingerprint density at radius 1 is 1.31 bits per heavy atom. The quantitative estimate of drug-likeness (QED) is 0.202. The second-order valence-electron chi connectivity index (χ2n) is 5.10. The summed E-state index contributed by atoms with van der Waals surface area (Å²) in [6, 6.07) is 8.94. The van der Waals surface area contributed by atoms with Crippen molar-refractivity contribution < 1.29 is 18.9 Å². The van der Waals surface area contributed by atoms with Crippen LogP contribution in [-0.2, 0) is 4.79 Å². The molecule has 0 aliphatic rings. The van der Waals surface area contributed by atoms with Crippen molar-refractivity contribution in [2.75, 3.05) is 6.54 Å². The summed E-state index contributed by atoms with van der Waals surface area (Å²) in [5, 5.41) is 17.1. The van der Waals surface area contributed by atoms with Gasteiger partial charge in [0.2, 0.25) is 5.91 Å². The van der Waals surface area contributed by atoms with Crippen molar-refractivity contribution in [3.05, 3.63) is 61.6 Å². The van der Waals surface area contributed by atoms with Crippen LogP contribution in [0.15, 0.2) is 45.9 Å². The number of halogens is 1. The summed E-state index contributed by atoms with van der Waals surface area (Å²) in [6.45, 7) is 0.259. The fraction of sp³-hybridized carbons (Fsp3) is 0.188. The fourth-order valence-electron chi connectivity index (χ4n) is 1.94. The Morgan fingerprint density at radius 3 is 2.81 bits per heavy atom. The maximum Gasteiger partial charge on any atom is 0.270 e. The second kappa shape index (κ2) is 9.65. The van der Waals surface area contributed by atoms with Crippen molar-refractivity contribution in [2.24, 2.45) is 5.10 Å². The molecule has 0 atom stereocenters. The number of nitrogens with one attached hydrogen (secondary N) is 2. The van der Waals surface area contributed by atoms with Crippen LogP contribution >= 0.6 is 22.6 Å². The Labute approximate surface area is 162 Å². The van der Waals surface area contributed by atoms with E-state index in [0.29, 0.717) is 12.2 Å². The molecule has 26 heavy (non-hydrogen) atoms. The Hall–Kier alpha value is -2.76. The van der Waals surface area contributed by atoms with Gasteiger partial charge in [0.05, 0.1) is 11.1 Å². The van der Waals surface area contributed by atoms with E-state index in [2.05, 4.69) is 15.8 Å². The third-order valence-electron chi connectivity index (χ3n) is 3.16. The van der Waals surface area contributed by atoms with E-state index in [9.17, 15) is 19.7 Å². The average molecular weight is 470 g/mol. The number of nitro benzene ring substituents is 1. The molecule has 10 heteroatoms. The predicted molar refractivity (Wildman–Crippen MR) is 102 cm³/mol. The van der Waals surface area contributed by atoms with Crippen LogP contribution < -0.4 is 10.7 Å². The Balaban J connectivity index is 1.68. The van der Waals surface area contributed by atoms with Gasteiger partial charge in [-0.2, -0.15) is 5.10 Å². The predicted octanol–water partition coefficient (Wildman–Crippen LogP) is 2.45. The summed E-state index contributed by atoms with van der Waals surface area (Å²) in [7, 11) is 0. The average Bonchev–Trinajstić information content (AvgIpc) is 3.04. The topological polar surface area (TPSA) is 127 Å². The summed E-state index contributed by atoms with van der Waals surface area (Å²) in [6.07, 6.45) is 1.97. The highest BCUT2D eigenvalue weighted by molar-refractivity contribution is 14.1. The molecule has 0 radical (unpaired) electrons. The molecule has 0 fully saturated rings. The van der Waals surface area contributed by atoms with E-state index in [-0.39, 0.29) is 30.1 Å². The number of hydrogen-bond donors (Lipinski definition) is 2. The van der Waals surface area contributed by atoms with Crippen LogP contribution in [0.4, 0.5) is 5.69 Å². The maximum absolute atomic E-state index is 11.9. The second-order valence-corrected chi connectivity index (χ2v) is 6.17. The minimum atomic E-state index is -0.564. The first-order valence-corrected chi connectivity index (χ1v) is 8.63.